The lowest BCUT2D eigenvalue weighted by atomic mass is 9.96. The summed E-state index contributed by atoms with van der Waals surface area (Å²) in [5, 5.41) is 22.6. The van der Waals surface area contributed by atoms with Crippen molar-refractivity contribution in [1.82, 2.24) is 19.7 Å². The zero-order chi connectivity index (χ0) is 24.2. The van der Waals surface area contributed by atoms with Crippen LogP contribution in [0.3, 0.4) is 0 Å². The smallest absolute Gasteiger partial charge is 0.235 e. The van der Waals surface area contributed by atoms with Crippen molar-refractivity contribution in [2.75, 3.05) is 11.1 Å². The molecule has 4 aromatic rings. The van der Waals surface area contributed by atoms with Crippen molar-refractivity contribution in [2.45, 2.75) is 47.5 Å². The lowest BCUT2D eigenvalue weighted by molar-refractivity contribution is -0.113. The van der Waals surface area contributed by atoms with E-state index in [0.29, 0.717) is 28.0 Å². The molecule has 3 aromatic heterocycles. The summed E-state index contributed by atoms with van der Waals surface area (Å²) in [6, 6.07) is 10.4. The number of carbonyl (C=O) groups excluding carboxylic acids is 1. The summed E-state index contributed by atoms with van der Waals surface area (Å²) in [6.45, 7) is 4.41. The van der Waals surface area contributed by atoms with Gasteiger partial charge in [0.15, 0.2) is 9.50 Å². The van der Waals surface area contributed by atoms with Gasteiger partial charge in [0.05, 0.1) is 27.3 Å². The Kier molecular flexibility index (Phi) is 7.53. The van der Waals surface area contributed by atoms with Crippen molar-refractivity contribution in [3.05, 3.63) is 58.7 Å². The largest absolute Gasteiger partial charge is 0.316 e. The summed E-state index contributed by atoms with van der Waals surface area (Å²) >= 11 is 6.17. The fraction of sp³-hybridized carbons (Fsp3) is 0.292. The molecule has 1 aliphatic rings. The van der Waals surface area contributed by atoms with Gasteiger partial charge in [-0.15, -0.1) is 39.4 Å². The third kappa shape index (κ3) is 5.30. The second-order valence-corrected chi connectivity index (χ2v) is 12.2. The highest BCUT2D eigenvalue weighted by Gasteiger charge is 2.22. The van der Waals surface area contributed by atoms with Gasteiger partial charge in [-0.2, -0.15) is 5.26 Å². The predicted octanol–water partition coefficient (Wildman–Crippen LogP) is 5.91. The van der Waals surface area contributed by atoms with Gasteiger partial charge in [0.2, 0.25) is 5.91 Å². The van der Waals surface area contributed by atoms with Crippen LogP contribution in [0, 0.1) is 11.3 Å². The third-order valence-corrected chi connectivity index (χ3v) is 9.92. The number of thiophene rings is 1. The first-order chi connectivity index (χ1) is 17.2. The number of thiazole rings is 1. The molecular weight excluding hydrogens is 517 g/mol. The number of amides is 1. The fourth-order valence-corrected chi connectivity index (χ4v) is 7.98. The number of carbonyl (C=O) groups is 1. The second kappa shape index (κ2) is 11.0. The monoisotopic (exact) mass is 538 g/mol. The zero-order valence-electron chi connectivity index (χ0n) is 18.8. The fourth-order valence-electron chi connectivity index (χ4n) is 3.95. The first-order valence-corrected chi connectivity index (χ1v) is 14.7. The summed E-state index contributed by atoms with van der Waals surface area (Å²) in [6.07, 6.45) is 5.94. The Morgan fingerprint density at radius 3 is 2.91 bits per heavy atom. The van der Waals surface area contributed by atoms with Crippen LogP contribution < -0.4 is 5.32 Å². The van der Waals surface area contributed by atoms with Crippen molar-refractivity contribution >= 4 is 67.3 Å². The van der Waals surface area contributed by atoms with Crippen LogP contribution in [0.15, 0.2) is 46.4 Å². The average Bonchev–Trinajstić information content (AvgIpc) is 3.56. The number of nitriles is 1. The lowest BCUT2D eigenvalue weighted by Gasteiger charge is -2.09. The molecule has 1 N–H and O–H groups in total. The number of benzene rings is 1. The van der Waals surface area contributed by atoms with E-state index in [1.165, 1.54) is 28.0 Å². The van der Waals surface area contributed by atoms with Crippen molar-refractivity contribution in [3.63, 3.8) is 0 Å². The Morgan fingerprint density at radius 2 is 2.09 bits per heavy atom. The summed E-state index contributed by atoms with van der Waals surface area (Å²) < 4.78 is 4.13. The standard InChI is InChI=1S/C24H22N6OS4/c1-2-11-30-20(13-33-24-26-17-8-4-6-10-19(17)35-24)28-29-23(30)32-14-21(31)27-22-16(12-25)15-7-3-5-9-18(15)34-22/h2,4,6,8,10H,1,3,5,7,9,11,13-14H2,(H,27,31). The number of thioether (sulfide) groups is 2. The van der Waals surface area contributed by atoms with Crippen LogP contribution in [0.1, 0.15) is 34.7 Å². The summed E-state index contributed by atoms with van der Waals surface area (Å²) in [5.41, 5.74) is 2.75. The van der Waals surface area contributed by atoms with Gasteiger partial charge >= 0.3 is 0 Å². The van der Waals surface area contributed by atoms with Gasteiger partial charge in [0.25, 0.3) is 0 Å². The van der Waals surface area contributed by atoms with E-state index < -0.39 is 0 Å². The molecule has 0 fully saturated rings. The van der Waals surface area contributed by atoms with Crippen LogP contribution >= 0.6 is 46.2 Å². The molecule has 0 saturated heterocycles. The minimum atomic E-state index is -0.149. The molecule has 0 saturated carbocycles. The normalized spacial score (nSPS) is 12.9. The molecule has 0 radical (unpaired) electrons. The number of hydrogen-bond acceptors (Lipinski definition) is 9. The number of nitrogens with zero attached hydrogens (tertiary/aromatic N) is 5. The van der Waals surface area contributed by atoms with Gasteiger partial charge in [-0.3, -0.25) is 4.79 Å². The summed E-state index contributed by atoms with van der Waals surface area (Å²) in [5.74, 6) is 1.48. The van der Waals surface area contributed by atoms with Gasteiger partial charge in [-0.25, -0.2) is 4.98 Å². The zero-order valence-corrected chi connectivity index (χ0v) is 22.1. The maximum Gasteiger partial charge on any atom is 0.235 e. The van der Waals surface area contributed by atoms with E-state index in [1.54, 1.807) is 29.2 Å². The number of hydrogen-bond donors (Lipinski definition) is 1. The molecule has 5 rings (SSSR count). The van der Waals surface area contributed by atoms with E-state index in [0.717, 1.165) is 51.6 Å². The van der Waals surface area contributed by atoms with Crippen LogP contribution in [0.25, 0.3) is 10.2 Å². The van der Waals surface area contributed by atoms with E-state index in [9.17, 15) is 10.1 Å². The van der Waals surface area contributed by atoms with Crippen LogP contribution in [0.5, 0.6) is 0 Å². The quantitative estimate of drug-likeness (QED) is 0.209. The van der Waals surface area contributed by atoms with Gasteiger partial charge in [0, 0.05) is 11.4 Å². The van der Waals surface area contributed by atoms with E-state index in [1.807, 2.05) is 22.8 Å². The number of rotatable bonds is 9. The minimum absolute atomic E-state index is 0.149. The number of aromatic nitrogens is 4. The number of anilines is 1. The van der Waals surface area contributed by atoms with Crippen LogP contribution in [0.2, 0.25) is 0 Å². The molecule has 7 nitrogen and oxygen atoms in total. The molecule has 0 atom stereocenters. The molecular formula is C24H22N6OS4. The average molecular weight is 539 g/mol. The number of aryl methyl sites for hydroxylation is 1. The molecule has 178 valence electrons. The first-order valence-electron chi connectivity index (χ1n) is 11.1. The maximum absolute atomic E-state index is 12.7. The first kappa shape index (κ1) is 24.1. The summed E-state index contributed by atoms with van der Waals surface area (Å²) in [4.78, 5) is 18.6. The number of nitrogens with one attached hydrogen (secondary N) is 1. The van der Waals surface area contributed by atoms with E-state index >= 15 is 0 Å². The Bertz CT molecular complexity index is 1400. The highest BCUT2D eigenvalue weighted by Crippen LogP contribution is 2.38. The topological polar surface area (TPSA) is 96.5 Å². The van der Waals surface area contributed by atoms with Crippen LogP contribution in [0.4, 0.5) is 5.00 Å². The number of fused-ring (bicyclic) bond motifs is 2. The Hall–Kier alpha value is -2.65. The van der Waals surface area contributed by atoms with Gasteiger partial charge < -0.3 is 9.88 Å². The van der Waals surface area contributed by atoms with E-state index in [-0.39, 0.29) is 11.7 Å². The Morgan fingerprint density at radius 1 is 1.23 bits per heavy atom. The van der Waals surface area contributed by atoms with Gasteiger partial charge in [-0.1, -0.05) is 41.7 Å². The molecule has 0 bridgehead atoms. The lowest BCUT2D eigenvalue weighted by Crippen LogP contribution is -2.14. The molecule has 11 heteroatoms. The Balaban J connectivity index is 1.23. The molecule has 0 aliphatic heterocycles. The Labute approximate surface area is 219 Å². The molecule has 1 aliphatic carbocycles. The number of allylic oxidation sites excluding steroid dienone is 1. The molecule has 35 heavy (non-hydrogen) atoms. The van der Waals surface area contributed by atoms with E-state index in [2.05, 4.69) is 39.2 Å². The highest BCUT2D eigenvalue weighted by atomic mass is 32.2. The van der Waals surface area contributed by atoms with Crippen LogP contribution in [-0.4, -0.2) is 31.4 Å². The van der Waals surface area contributed by atoms with Crippen LogP contribution in [-0.2, 0) is 29.9 Å². The number of para-hydroxylation sites is 1. The second-order valence-electron chi connectivity index (χ2n) is 7.90. The van der Waals surface area contributed by atoms with Crippen molar-refractivity contribution in [2.24, 2.45) is 0 Å². The van der Waals surface area contributed by atoms with Gasteiger partial charge in [0.1, 0.15) is 16.9 Å². The minimum Gasteiger partial charge on any atom is -0.316 e. The molecule has 0 unspecified atom stereocenters. The predicted molar refractivity (Wildman–Crippen MR) is 144 cm³/mol. The third-order valence-electron chi connectivity index (χ3n) is 5.57. The van der Waals surface area contributed by atoms with Crippen molar-refractivity contribution < 1.29 is 4.79 Å². The molecule has 0 spiro atoms. The molecule has 3 heterocycles. The molecule has 1 amide bonds. The molecule has 1 aromatic carbocycles. The summed E-state index contributed by atoms with van der Waals surface area (Å²) in [7, 11) is 0. The maximum atomic E-state index is 12.7. The van der Waals surface area contributed by atoms with Gasteiger partial charge in [-0.05, 0) is 43.4 Å². The van der Waals surface area contributed by atoms with Crippen molar-refractivity contribution in [3.8, 4) is 6.07 Å². The van der Waals surface area contributed by atoms with E-state index in [4.69, 9.17) is 0 Å². The SMILES string of the molecule is C=CCn1c(CSc2nc3ccccc3s2)nnc1SCC(=O)Nc1sc2c(c1C#N)CCCC2. The van der Waals surface area contributed by atoms with Crippen molar-refractivity contribution in [1.29, 1.82) is 5.26 Å². The highest BCUT2D eigenvalue weighted by molar-refractivity contribution is 8.00.